The number of hydrogen-bond donors (Lipinski definition) is 1. The van der Waals surface area contributed by atoms with Crippen molar-refractivity contribution in [3.63, 3.8) is 0 Å². The lowest BCUT2D eigenvalue weighted by molar-refractivity contribution is 0.140. The summed E-state index contributed by atoms with van der Waals surface area (Å²) in [6.45, 7) is 0. The van der Waals surface area contributed by atoms with Gasteiger partial charge in [-0.1, -0.05) is 12.1 Å². The van der Waals surface area contributed by atoms with Gasteiger partial charge in [0.2, 0.25) is 0 Å². The first-order valence-corrected chi connectivity index (χ1v) is 6.30. The van der Waals surface area contributed by atoms with E-state index in [2.05, 4.69) is 12.6 Å². The van der Waals surface area contributed by atoms with Crippen molar-refractivity contribution >= 4 is 26.6 Å². The first kappa shape index (κ1) is 11.7. The van der Waals surface area contributed by atoms with Crippen LogP contribution in [0.3, 0.4) is 0 Å². The number of thiol groups is 1. The summed E-state index contributed by atoms with van der Waals surface area (Å²) in [6.07, 6.45) is 0. The second kappa shape index (κ2) is 4.95. The third-order valence-electron chi connectivity index (χ3n) is 2.03. The fourth-order valence-corrected chi connectivity index (χ4v) is 3.20. The quantitative estimate of drug-likeness (QED) is 0.619. The molecule has 0 saturated heterocycles. The highest BCUT2D eigenvalue weighted by Crippen LogP contribution is 2.09. The zero-order valence-corrected chi connectivity index (χ0v) is 10.4. The van der Waals surface area contributed by atoms with E-state index >= 15 is 0 Å². The fraction of sp³-hybridized carbons (Fsp3) is 0.333. The van der Waals surface area contributed by atoms with Gasteiger partial charge in [0.15, 0.2) is 0 Å². The van der Waals surface area contributed by atoms with Crippen molar-refractivity contribution in [2.75, 3.05) is 21.3 Å². The zero-order chi connectivity index (χ0) is 10.6. The van der Waals surface area contributed by atoms with Gasteiger partial charge < -0.3 is 13.3 Å². The van der Waals surface area contributed by atoms with E-state index in [1.807, 2.05) is 24.3 Å². The van der Waals surface area contributed by atoms with Gasteiger partial charge in [-0.3, -0.25) is 0 Å². The van der Waals surface area contributed by atoms with Crippen LogP contribution in [0.25, 0.3) is 0 Å². The molecule has 0 atom stereocenters. The molecule has 78 valence electrons. The van der Waals surface area contributed by atoms with Crippen LogP contribution in [0.1, 0.15) is 0 Å². The van der Waals surface area contributed by atoms with Gasteiger partial charge in [0.05, 0.1) is 0 Å². The van der Waals surface area contributed by atoms with Crippen LogP contribution in [-0.4, -0.2) is 30.1 Å². The van der Waals surface area contributed by atoms with Crippen molar-refractivity contribution in [3.8, 4) is 0 Å². The minimum Gasteiger partial charge on any atom is -0.373 e. The number of benzene rings is 1. The molecule has 0 spiro atoms. The lowest BCUT2D eigenvalue weighted by atomic mass is 10.4. The summed E-state index contributed by atoms with van der Waals surface area (Å²) in [5.74, 6) is 0. The summed E-state index contributed by atoms with van der Waals surface area (Å²) >= 11 is 4.21. The molecular formula is C9H14O3SSi. The van der Waals surface area contributed by atoms with Crippen LogP contribution in [0, 0.1) is 0 Å². The minimum atomic E-state index is -2.65. The van der Waals surface area contributed by atoms with E-state index in [0.717, 1.165) is 10.1 Å². The van der Waals surface area contributed by atoms with E-state index in [0.29, 0.717) is 0 Å². The molecule has 5 heteroatoms. The van der Waals surface area contributed by atoms with Crippen molar-refractivity contribution in [2.45, 2.75) is 4.90 Å². The van der Waals surface area contributed by atoms with Gasteiger partial charge >= 0.3 is 8.80 Å². The molecular weight excluding hydrogens is 216 g/mol. The Morgan fingerprint density at radius 1 is 0.929 bits per heavy atom. The molecule has 0 unspecified atom stereocenters. The van der Waals surface area contributed by atoms with Crippen LogP contribution in [0.15, 0.2) is 29.2 Å². The predicted molar refractivity (Wildman–Crippen MR) is 60.1 cm³/mol. The SMILES string of the molecule is CO[Si](OC)(OC)c1ccc(S)cc1. The average Bonchev–Trinajstić information content (AvgIpc) is 2.24. The molecule has 3 nitrogen and oxygen atoms in total. The molecule has 0 fully saturated rings. The molecule has 1 rings (SSSR count). The van der Waals surface area contributed by atoms with Crippen LogP contribution in [0.4, 0.5) is 0 Å². The van der Waals surface area contributed by atoms with Crippen molar-refractivity contribution < 1.29 is 13.3 Å². The molecule has 0 N–H and O–H groups in total. The Morgan fingerprint density at radius 2 is 1.36 bits per heavy atom. The first-order chi connectivity index (χ1) is 6.68. The van der Waals surface area contributed by atoms with Crippen molar-refractivity contribution in [3.05, 3.63) is 24.3 Å². The minimum absolute atomic E-state index is 0.903. The van der Waals surface area contributed by atoms with E-state index in [9.17, 15) is 0 Å². The van der Waals surface area contributed by atoms with Gasteiger partial charge in [-0.05, 0) is 12.1 Å². The molecule has 0 heterocycles. The van der Waals surface area contributed by atoms with Gasteiger partial charge in [-0.15, -0.1) is 12.6 Å². The summed E-state index contributed by atoms with van der Waals surface area (Å²) in [5, 5.41) is 0.933. The molecule has 0 aromatic heterocycles. The van der Waals surface area contributed by atoms with E-state index in [4.69, 9.17) is 13.3 Å². The monoisotopic (exact) mass is 230 g/mol. The number of hydrogen-bond acceptors (Lipinski definition) is 4. The lowest BCUT2D eigenvalue weighted by Gasteiger charge is -2.24. The van der Waals surface area contributed by atoms with Crippen molar-refractivity contribution in [2.24, 2.45) is 0 Å². The van der Waals surface area contributed by atoms with E-state index in [1.54, 1.807) is 21.3 Å². The summed E-state index contributed by atoms with van der Waals surface area (Å²) in [4.78, 5) is 0.903. The Hall–Kier alpha value is -0.333. The van der Waals surface area contributed by atoms with Crippen LogP contribution in [0.5, 0.6) is 0 Å². The predicted octanol–water partition coefficient (Wildman–Crippen LogP) is 1.06. The molecule has 0 aliphatic heterocycles. The molecule has 0 saturated carbocycles. The third-order valence-corrected chi connectivity index (χ3v) is 4.98. The molecule has 0 aliphatic carbocycles. The van der Waals surface area contributed by atoms with Crippen LogP contribution < -0.4 is 5.19 Å². The van der Waals surface area contributed by atoms with Gasteiger partial charge in [0.1, 0.15) is 0 Å². The molecule has 0 bridgehead atoms. The highest BCUT2D eigenvalue weighted by Gasteiger charge is 2.40. The largest absolute Gasteiger partial charge is 0.536 e. The van der Waals surface area contributed by atoms with E-state index < -0.39 is 8.80 Å². The fourth-order valence-electron chi connectivity index (χ4n) is 1.27. The van der Waals surface area contributed by atoms with Gasteiger partial charge in [-0.2, -0.15) is 0 Å². The normalized spacial score (nSPS) is 11.7. The Kier molecular flexibility index (Phi) is 4.15. The maximum Gasteiger partial charge on any atom is 0.536 e. The van der Waals surface area contributed by atoms with Crippen LogP contribution >= 0.6 is 12.6 Å². The maximum absolute atomic E-state index is 5.33. The van der Waals surface area contributed by atoms with Crippen LogP contribution in [-0.2, 0) is 13.3 Å². The van der Waals surface area contributed by atoms with Crippen molar-refractivity contribution in [1.29, 1.82) is 0 Å². The van der Waals surface area contributed by atoms with Gasteiger partial charge in [-0.25, -0.2) is 0 Å². The molecule has 0 aliphatic rings. The Balaban J connectivity index is 3.05. The lowest BCUT2D eigenvalue weighted by Crippen LogP contribution is -2.54. The van der Waals surface area contributed by atoms with E-state index in [1.165, 1.54) is 0 Å². The summed E-state index contributed by atoms with van der Waals surface area (Å²) < 4.78 is 16.0. The van der Waals surface area contributed by atoms with Gasteiger partial charge in [0, 0.05) is 31.4 Å². The number of rotatable bonds is 4. The first-order valence-electron chi connectivity index (χ1n) is 4.13. The van der Waals surface area contributed by atoms with E-state index in [-0.39, 0.29) is 0 Å². The highest BCUT2D eigenvalue weighted by atomic mass is 32.1. The van der Waals surface area contributed by atoms with Crippen molar-refractivity contribution in [1.82, 2.24) is 0 Å². The molecule has 14 heavy (non-hydrogen) atoms. The average molecular weight is 230 g/mol. The third kappa shape index (κ3) is 2.18. The van der Waals surface area contributed by atoms with Crippen LogP contribution in [0.2, 0.25) is 0 Å². The molecule has 0 amide bonds. The summed E-state index contributed by atoms with van der Waals surface area (Å²) in [5.41, 5.74) is 0. The topological polar surface area (TPSA) is 27.7 Å². The second-order valence-corrected chi connectivity index (χ2v) is 6.15. The zero-order valence-electron chi connectivity index (χ0n) is 8.48. The molecule has 1 aromatic carbocycles. The standard InChI is InChI=1S/C9H14O3SSi/c1-10-14(11-2,12-3)9-6-4-8(13)5-7-9/h4-7,13H,1-3H3. The summed E-state index contributed by atoms with van der Waals surface area (Å²) in [6, 6.07) is 7.59. The highest BCUT2D eigenvalue weighted by molar-refractivity contribution is 7.80. The molecule has 0 radical (unpaired) electrons. The second-order valence-electron chi connectivity index (χ2n) is 2.72. The maximum atomic E-state index is 5.33. The Morgan fingerprint density at radius 3 is 1.71 bits per heavy atom. The Bertz CT molecular complexity index is 276. The Labute approximate surface area is 90.8 Å². The summed E-state index contributed by atoms with van der Waals surface area (Å²) in [7, 11) is 2.12. The smallest absolute Gasteiger partial charge is 0.373 e. The van der Waals surface area contributed by atoms with Gasteiger partial charge in [0.25, 0.3) is 0 Å². The molecule has 1 aromatic rings.